The average Bonchev–Trinajstić information content (AvgIpc) is 2.68. The van der Waals surface area contributed by atoms with Gasteiger partial charge < -0.3 is 4.90 Å². The number of amides is 1. The molecular weight excluding hydrogens is 363 g/mol. The third-order valence-electron chi connectivity index (χ3n) is 4.74. The van der Waals surface area contributed by atoms with Crippen molar-refractivity contribution < 1.29 is 18.0 Å². The van der Waals surface area contributed by atoms with Crippen LogP contribution < -0.4 is 4.90 Å². The maximum Gasteiger partial charge on any atom is 0.416 e. The summed E-state index contributed by atoms with van der Waals surface area (Å²) in [7, 11) is 1.68. The topological polar surface area (TPSA) is 20.3 Å². The molecule has 3 rings (SSSR count). The van der Waals surface area contributed by atoms with Crippen LogP contribution in [0.15, 0.2) is 72.8 Å². The number of benzene rings is 3. The van der Waals surface area contributed by atoms with Gasteiger partial charge in [-0.1, -0.05) is 54.6 Å². The summed E-state index contributed by atoms with van der Waals surface area (Å²) in [4.78, 5) is 14.4. The molecule has 0 aliphatic heterocycles. The fourth-order valence-electron chi connectivity index (χ4n) is 3.11. The quantitative estimate of drug-likeness (QED) is 0.550. The molecule has 28 heavy (non-hydrogen) atoms. The molecule has 144 valence electrons. The fraction of sp³-hybridized carbons (Fsp3) is 0.174. The van der Waals surface area contributed by atoms with Crippen molar-refractivity contribution in [1.82, 2.24) is 0 Å². The highest BCUT2D eigenvalue weighted by molar-refractivity contribution is 5.98. The van der Waals surface area contributed by atoms with Crippen molar-refractivity contribution in [2.45, 2.75) is 19.5 Å². The molecule has 3 aromatic rings. The summed E-state index contributed by atoms with van der Waals surface area (Å²) >= 11 is 0. The van der Waals surface area contributed by atoms with Gasteiger partial charge in [0.05, 0.1) is 17.7 Å². The molecule has 0 unspecified atom stereocenters. The van der Waals surface area contributed by atoms with Crippen LogP contribution in [0.3, 0.4) is 0 Å². The maximum atomic E-state index is 12.8. The number of alkyl halides is 3. The van der Waals surface area contributed by atoms with E-state index in [0.29, 0.717) is 11.1 Å². The van der Waals surface area contributed by atoms with Crippen molar-refractivity contribution in [3.63, 3.8) is 0 Å². The van der Waals surface area contributed by atoms with Gasteiger partial charge in [-0.2, -0.15) is 13.2 Å². The SMILES string of the molecule is Cc1cc(C(F)(F)F)ccc1CC(=O)N(C)c1ccccc1-c1ccccc1. The van der Waals surface area contributed by atoms with Crippen LogP contribution in [0.5, 0.6) is 0 Å². The first-order valence-electron chi connectivity index (χ1n) is 8.85. The summed E-state index contributed by atoms with van der Waals surface area (Å²) in [5.41, 5.74) is 2.99. The van der Waals surface area contributed by atoms with Gasteiger partial charge in [0.25, 0.3) is 0 Å². The Hall–Kier alpha value is -3.08. The van der Waals surface area contributed by atoms with Gasteiger partial charge in [-0.25, -0.2) is 0 Å². The lowest BCUT2D eigenvalue weighted by molar-refractivity contribution is -0.137. The molecule has 3 aromatic carbocycles. The summed E-state index contributed by atoms with van der Waals surface area (Å²) < 4.78 is 38.5. The Kier molecular flexibility index (Phi) is 5.54. The van der Waals surface area contributed by atoms with Gasteiger partial charge in [-0.15, -0.1) is 0 Å². The second kappa shape index (κ2) is 7.89. The Morgan fingerprint density at radius 2 is 1.57 bits per heavy atom. The minimum Gasteiger partial charge on any atom is -0.315 e. The van der Waals surface area contributed by atoms with Gasteiger partial charge in [0.2, 0.25) is 5.91 Å². The molecule has 0 bridgehead atoms. The molecule has 0 aliphatic rings. The van der Waals surface area contributed by atoms with E-state index in [2.05, 4.69) is 0 Å². The Labute approximate surface area is 162 Å². The van der Waals surface area contributed by atoms with Crippen molar-refractivity contribution in [2.24, 2.45) is 0 Å². The van der Waals surface area contributed by atoms with E-state index >= 15 is 0 Å². The Bertz CT molecular complexity index is 981. The van der Waals surface area contributed by atoms with Crippen molar-refractivity contribution in [3.8, 4) is 11.1 Å². The normalized spacial score (nSPS) is 11.3. The summed E-state index contributed by atoms with van der Waals surface area (Å²) in [6, 6.07) is 20.8. The van der Waals surface area contributed by atoms with E-state index in [4.69, 9.17) is 0 Å². The number of carbonyl (C=O) groups excluding carboxylic acids is 1. The number of para-hydroxylation sites is 1. The van der Waals surface area contributed by atoms with Crippen molar-refractivity contribution >= 4 is 11.6 Å². The minimum absolute atomic E-state index is 0.0313. The zero-order valence-corrected chi connectivity index (χ0v) is 15.6. The molecule has 0 aromatic heterocycles. The summed E-state index contributed by atoms with van der Waals surface area (Å²) in [5, 5.41) is 0. The van der Waals surface area contributed by atoms with Crippen LogP contribution in [0.4, 0.5) is 18.9 Å². The number of nitrogens with zero attached hydrogens (tertiary/aromatic N) is 1. The van der Waals surface area contributed by atoms with E-state index < -0.39 is 11.7 Å². The highest BCUT2D eigenvalue weighted by atomic mass is 19.4. The number of rotatable bonds is 4. The summed E-state index contributed by atoms with van der Waals surface area (Å²) in [6.45, 7) is 1.59. The first kappa shape index (κ1) is 19.7. The number of likely N-dealkylation sites (N-methyl/N-ethyl adjacent to an activating group) is 1. The van der Waals surface area contributed by atoms with Crippen molar-refractivity contribution in [1.29, 1.82) is 0 Å². The molecule has 0 spiro atoms. The van der Waals surface area contributed by atoms with E-state index in [9.17, 15) is 18.0 Å². The number of aryl methyl sites for hydroxylation is 1. The van der Waals surface area contributed by atoms with E-state index in [1.54, 1.807) is 18.9 Å². The zero-order valence-electron chi connectivity index (χ0n) is 15.6. The Morgan fingerprint density at radius 3 is 2.21 bits per heavy atom. The van der Waals surface area contributed by atoms with E-state index in [0.717, 1.165) is 28.9 Å². The number of anilines is 1. The van der Waals surface area contributed by atoms with Crippen LogP contribution in [0, 0.1) is 6.92 Å². The smallest absolute Gasteiger partial charge is 0.315 e. The zero-order chi connectivity index (χ0) is 20.3. The van der Waals surface area contributed by atoms with Crippen molar-refractivity contribution in [3.05, 3.63) is 89.5 Å². The van der Waals surface area contributed by atoms with E-state index in [1.165, 1.54) is 6.07 Å². The summed E-state index contributed by atoms with van der Waals surface area (Å²) in [5.74, 6) is -0.189. The van der Waals surface area contributed by atoms with Crippen LogP contribution in [0.2, 0.25) is 0 Å². The predicted molar refractivity (Wildman–Crippen MR) is 105 cm³/mol. The number of hydrogen-bond acceptors (Lipinski definition) is 1. The van der Waals surface area contributed by atoms with Gasteiger partial charge in [-0.05, 0) is 41.8 Å². The number of hydrogen-bond donors (Lipinski definition) is 0. The van der Waals surface area contributed by atoms with E-state index in [1.807, 2.05) is 54.6 Å². The van der Waals surface area contributed by atoms with Crippen LogP contribution in [0.1, 0.15) is 16.7 Å². The third kappa shape index (κ3) is 4.25. The molecule has 2 nitrogen and oxygen atoms in total. The largest absolute Gasteiger partial charge is 0.416 e. The van der Waals surface area contributed by atoms with Crippen molar-refractivity contribution in [2.75, 3.05) is 11.9 Å². The Balaban J connectivity index is 1.85. The van der Waals surface area contributed by atoms with E-state index in [-0.39, 0.29) is 12.3 Å². The molecule has 0 N–H and O–H groups in total. The highest BCUT2D eigenvalue weighted by Crippen LogP contribution is 2.32. The monoisotopic (exact) mass is 383 g/mol. The first-order valence-corrected chi connectivity index (χ1v) is 8.85. The van der Waals surface area contributed by atoms with Crippen LogP contribution in [0.25, 0.3) is 11.1 Å². The highest BCUT2D eigenvalue weighted by Gasteiger charge is 2.30. The van der Waals surface area contributed by atoms with Crippen LogP contribution in [-0.4, -0.2) is 13.0 Å². The first-order chi connectivity index (χ1) is 13.3. The van der Waals surface area contributed by atoms with Crippen LogP contribution >= 0.6 is 0 Å². The van der Waals surface area contributed by atoms with Gasteiger partial charge in [0, 0.05) is 12.6 Å². The minimum atomic E-state index is -4.39. The average molecular weight is 383 g/mol. The lowest BCUT2D eigenvalue weighted by Gasteiger charge is -2.21. The van der Waals surface area contributed by atoms with Crippen LogP contribution in [-0.2, 0) is 17.4 Å². The predicted octanol–water partition coefficient (Wildman–Crippen LogP) is 5.89. The second-order valence-electron chi connectivity index (χ2n) is 6.65. The molecule has 0 saturated heterocycles. The maximum absolute atomic E-state index is 12.8. The number of halogens is 3. The fourth-order valence-corrected chi connectivity index (χ4v) is 3.11. The Morgan fingerprint density at radius 1 is 0.929 bits per heavy atom. The van der Waals surface area contributed by atoms with Gasteiger partial charge >= 0.3 is 6.18 Å². The molecule has 0 heterocycles. The summed E-state index contributed by atoms with van der Waals surface area (Å²) in [6.07, 6.45) is -4.36. The molecule has 0 saturated carbocycles. The van der Waals surface area contributed by atoms with Gasteiger partial charge in [-0.3, -0.25) is 4.79 Å². The standard InChI is InChI=1S/C23H20F3NO/c1-16-14-19(23(24,25)26)13-12-18(16)15-22(28)27(2)21-11-7-6-10-20(21)17-8-4-3-5-9-17/h3-14H,15H2,1-2H3. The lowest BCUT2D eigenvalue weighted by Crippen LogP contribution is -2.28. The molecule has 0 radical (unpaired) electrons. The third-order valence-corrected chi connectivity index (χ3v) is 4.74. The molecule has 1 amide bonds. The molecule has 0 aliphatic carbocycles. The molecule has 0 fully saturated rings. The van der Waals surface area contributed by atoms with Gasteiger partial charge in [0.1, 0.15) is 0 Å². The molecule has 5 heteroatoms. The number of carbonyl (C=O) groups is 1. The lowest BCUT2D eigenvalue weighted by atomic mass is 10.0. The second-order valence-corrected chi connectivity index (χ2v) is 6.65. The molecular formula is C23H20F3NO. The molecule has 0 atom stereocenters. The van der Waals surface area contributed by atoms with Gasteiger partial charge in [0.15, 0.2) is 0 Å².